The minimum Gasteiger partial charge on any atom is -0.497 e. The number of benzene rings is 3. The van der Waals surface area contributed by atoms with E-state index in [-0.39, 0.29) is 11.5 Å². The van der Waals surface area contributed by atoms with Gasteiger partial charge in [-0.1, -0.05) is 30.3 Å². The predicted molar refractivity (Wildman–Crippen MR) is 110 cm³/mol. The Morgan fingerprint density at radius 3 is 2.45 bits per heavy atom. The van der Waals surface area contributed by atoms with Crippen LogP contribution in [0.2, 0.25) is 0 Å². The molecule has 3 aromatic carbocycles. The number of rotatable bonds is 6. The molecule has 5 nitrogen and oxygen atoms in total. The number of carbonyl (C=O) groups is 1. The van der Waals surface area contributed by atoms with Crippen LogP contribution in [0.15, 0.2) is 72.5 Å². The standard InChI is InChI=1S/C24H20O5/c1-26-18-9-11-21(27-2)17(12-18)13-23-24(25)20-10-8-19(14-22(20)29-23)28-15-16-6-4-3-5-7-16/h3-14H,15H2,1-2H3/b23-13+. The molecule has 1 aliphatic rings. The van der Waals surface area contributed by atoms with E-state index < -0.39 is 0 Å². The van der Waals surface area contributed by atoms with Crippen molar-refractivity contribution < 1.29 is 23.7 Å². The molecule has 1 heterocycles. The molecule has 0 saturated carbocycles. The van der Waals surface area contributed by atoms with Gasteiger partial charge >= 0.3 is 0 Å². The Hall–Kier alpha value is -3.73. The second-order valence-corrected chi connectivity index (χ2v) is 6.48. The fourth-order valence-electron chi connectivity index (χ4n) is 3.09. The molecule has 29 heavy (non-hydrogen) atoms. The Bertz CT molecular complexity index is 1070. The van der Waals surface area contributed by atoms with Crippen LogP contribution >= 0.6 is 0 Å². The molecule has 0 bridgehead atoms. The lowest BCUT2D eigenvalue weighted by Gasteiger charge is -2.08. The minimum atomic E-state index is -0.181. The van der Waals surface area contributed by atoms with Gasteiger partial charge in [-0.15, -0.1) is 0 Å². The zero-order chi connectivity index (χ0) is 20.2. The summed E-state index contributed by atoms with van der Waals surface area (Å²) in [6.45, 7) is 0.442. The van der Waals surface area contributed by atoms with Gasteiger partial charge in [0.2, 0.25) is 5.78 Å². The highest BCUT2D eigenvalue weighted by Gasteiger charge is 2.28. The molecule has 0 aromatic heterocycles. The van der Waals surface area contributed by atoms with Gasteiger partial charge in [0, 0.05) is 11.6 Å². The lowest BCUT2D eigenvalue weighted by molar-refractivity contribution is 0.101. The highest BCUT2D eigenvalue weighted by atomic mass is 16.5. The van der Waals surface area contributed by atoms with Crippen LogP contribution in [0.5, 0.6) is 23.0 Å². The predicted octanol–water partition coefficient (Wildman–Crippen LogP) is 4.90. The fraction of sp³-hybridized carbons (Fsp3) is 0.125. The van der Waals surface area contributed by atoms with E-state index in [4.69, 9.17) is 18.9 Å². The Morgan fingerprint density at radius 1 is 0.897 bits per heavy atom. The SMILES string of the molecule is COc1ccc(OC)c(/C=C2/Oc3cc(OCc4ccccc4)ccc3C2=O)c1. The number of hydrogen-bond donors (Lipinski definition) is 0. The van der Waals surface area contributed by atoms with Gasteiger partial charge in [0.05, 0.1) is 19.8 Å². The summed E-state index contributed by atoms with van der Waals surface area (Å²) in [6.07, 6.45) is 1.66. The molecule has 0 atom stereocenters. The molecule has 0 spiro atoms. The fourth-order valence-corrected chi connectivity index (χ4v) is 3.09. The summed E-state index contributed by atoms with van der Waals surface area (Å²) in [5.74, 6) is 2.45. The Kier molecular flexibility index (Phi) is 5.20. The van der Waals surface area contributed by atoms with Crippen molar-refractivity contribution >= 4 is 11.9 Å². The van der Waals surface area contributed by atoms with Crippen molar-refractivity contribution in [1.82, 2.24) is 0 Å². The zero-order valence-corrected chi connectivity index (χ0v) is 16.2. The third-order valence-electron chi connectivity index (χ3n) is 4.61. The maximum Gasteiger partial charge on any atom is 0.231 e. The van der Waals surface area contributed by atoms with Gasteiger partial charge in [-0.25, -0.2) is 0 Å². The van der Waals surface area contributed by atoms with E-state index in [2.05, 4.69) is 0 Å². The smallest absolute Gasteiger partial charge is 0.231 e. The second kappa shape index (κ2) is 8.10. The molecule has 5 heteroatoms. The van der Waals surface area contributed by atoms with Gasteiger partial charge < -0.3 is 18.9 Å². The molecule has 146 valence electrons. The molecule has 0 amide bonds. The molecular formula is C24H20O5. The first kappa shape index (κ1) is 18.6. The van der Waals surface area contributed by atoms with Gasteiger partial charge in [-0.05, 0) is 42.0 Å². The third-order valence-corrected chi connectivity index (χ3v) is 4.61. The number of fused-ring (bicyclic) bond motifs is 1. The van der Waals surface area contributed by atoms with Crippen LogP contribution in [-0.2, 0) is 6.61 Å². The number of hydrogen-bond acceptors (Lipinski definition) is 5. The summed E-state index contributed by atoms with van der Waals surface area (Å²) >= 11 is 0. The molecular weight excluding hydrogens is 368 g/mol. The first-order valence-corrected chi connectivity index (χ1v) is 9.15. The quantitative estimate of drug-likeness (QED) is 0.562. The molecule has 0 radical (unpaired) electrons. The van der Waals surface area contributed by atoms with Crippen molar-refractivity contribution in [2.24, 2.45) is 0 Å². The second-order valence-electron chi connectivity index (χ2n) is 6.48. The van der Waals surface area contributed by atoms with E-state index >= 15 is 0 Å². The number of ether oxygens (including phenoxy) is 4. The van der Waals surface area contributed by atoms with Gasteiger partial charge in [0.15, 0.2) is 5.76 Å². The van der Waals surface area contributed by atoms with Crippen molar-refractivity contribution in [1.29, 1.82) is 0 Å². The van der Waals surface area contributed by atoms with Crippen LogP contribution in [0.25, 0.3) is 6.08 Å². The van der Waals surface area contributed by atoms with Gasteiger partial charge in [-0.3, -0.25) is 4.79 Å². The highest BCUT2D eigenvalue weighted by Crippen LogP contribution is 2.36. The van der Waals surface area contributed by atoms with Crippen LogP contribution in [0.3, 0.4) is 0 Å². The van der Waals surface area contributed by atoms with E-state index in [1.165, 1.54) is 0 Å². The average molecular weight is 388 g/mol. The molecule has 0 unspecified atom stereocenters. The highest BCUT2D eigenvalue weighted by molar-refractivity contribution is 6.14. The van der Waals surface area contributed by atoms with Crippen molar-refractivity contribution in [3.05, 3.63) is 89.2 Å². The summed E-state index contributed by atoms with van der Waals surface area (Å²) < 4.78 is 22.3. The van der Waals surface area contributed by atoms with E-state index in [0.29, 0.717) is 40.7 Å². The lowest BCUT2D eigenvalue weighted by atomic mass is 10.1. The van der Waals surface area contributed by atoms with Crippen LogP contribution in [-0.4, -0.2) is 20.0 Å². The van der Waals surface area contributed by atoms with Gasteiger partial charge in [-0.2, -0.15) is 0 Å². The number of methoxy groups -OCH3 is 2. The minimum absolute atomic E-state index is 0.181. The third kappa shape index (κ3) is 3.94. The summed E-state index contributed by atoms with van der Waals surface area (Å²) in [5, 5.41) is 0. The van der Waals surface area contributed by atoms with Gasteiger partial charge in [0.25, 0.3) is 0 Å². The van der Waals surface area contributed by atoms with Crippen LogP contribution in [0.4, 0.5) is 0 Å². The number of ketones is 1. The average Bonchev–Trinajstić information content (AvgIpc) is 3.07. The summed E-state index contributed by atoms with van der Waals surface area (Å²) in [5.41, 5.74) is 2.27. The van der Waals surface area contributed by atoms with E-state index in [0.717, 1.165) is 5.56 Å². The molecule has 0 aliphatic carbocycles. The molecule has 0 N–H and O–H groups in total. The van der Waals surface area contributed by atoms with E-state index in [1.54, 1.807) is 56.7 Å². The van der Waals surface area contributed by atoms with Crippen molar-refractivity contribution in [2.45, 2.75) is 6.61 Å². The first-order chi connectivity index (χ1) is 14.2. The Labute approximate surface area is 169 Å². The molecule has 3 aromatic rings. The van der Waals surface area contributed by atoms with Crippen molar-refractivity contribution in [3.63, 3.8) is 0 Å². The Morgan fingerprint density at radius 2 is 1.69 bits per heavy atom. The first-order valence-electron chi connectivity index (χ1n) is 9.15. The monoisotopic (exact) mass is 388 g/mol. The van der Waals surface area contributed by atoms with Crippen LogP contribution in [0, 0.1) is 0 Å². The topological polar surface area (TPSA) is 54.0 Å². The number of carbonyl (C=O) groups excluding carboxylic acids is 1. The van der Waals surface area contributed by atoms with E-state index in [9.17, 15) is 4.79 Å². The Balaban J connectivity index is 1.56. The molecule has 0 saturated heterocycles. The molecule has 1 aliphatic heterocycles. The molecule has 0 fully saturated rings. The lowest BCUT2D eigenvalue weighted by Crippen LogP contribution is -1.99. The zero-order valence-electron chi connectivity index (χ0n) is 16.2. The summed E-state index contributed by atoms with van der Waals surface area (Å²) in [4.78, 5) is 12.7. The van der Waals surface area contributed by atoms with Crippen molar-refractivity contribution in [2.75, 3.05) is 14.2 Å². The summed E-state index contributed by atoms with van der Waals surface area (Å²) in [6, 6.07) is 20.5. The van der Waals surface area contributed by atoms with Crippen molar-refractivity contribution in [3.8, 4) is 23.0 Å². The normalized spacial score (nSPS) is 13.7. The summed E-state index contributed by atoms with van der Waals surface area (Å²) in [7, 11) is 3.16. The maximum atomic E-state index is 12.7. The number of allylic oxidation sites excluding steroid dienone is 1. The van der Waals surface area contributed by atoms with Crippen LogP contribution in [0.1, 0.15) is 21.5 Å². The largest absolute Gasteiger partial charge is 0.497 e. The van der Waals surface area contributed by atoms with Crippen LogP contribution < -0.4 is 18.9 Å². The maximum absolute atomic E-state index is 12.7. The van der Waals surface area contributed by atoms with E-state index in [1.807, 2.05) is 30.3 Å². The van der Waals surface area contributed by atoms with Gasteiger partial charge in [0.1, 0.15) is 29.6 Å². The number of Topliss-reactive ketones (excluding diaryl/α,β-unsaturated/α-hetero) is 1. The molecule has 4 rings (SSSR count).